The Morgan fingerprint density at radius 3 is 2.64 bits per heavy atom. The Morgan fingerprint density at radius 1 is 1.57 bits per heavy atom. The number of nitrogen functional groups attached to an aromatic ring is 1. The fraction of sp³-hybridized carbons (Fsp3) is 0.444. The van der Waals surface area contributed by atoms with E-state index >= 15 is 0 Å². The Hall–Kier alpha value is -0.680. The molecule has 1 saturated carbocycles. The van der Waals surface area contributed by atoms with E-state index in [1.54, 1.807) is 0 Å². The minimum Gasteiger partial charge on any atom is -0.398 e. The van der Waals surface area contributed by atoms with Crippen LogP contribution in [0.1, 0.15) is 25.0 Å². The summed E-state index contributed by atoms with van der Waals surface area (Å²) >= 11 is 2.98. The molecule has 1 aliphatic rings. The first kappa shape index (κ1) is 9.86. The molecule has 0 spiro atoms. The molecule has 14 heavy (non-hydrogen) atoms. The molecule has 2 rings (SSSR count). The summed E-state index contributed by atoms with van der Waals surface area (Å²) in [5.74, 6) is -0.666. The molecule has 0 bridgehead atoms. The van der Waals surface area contributed by atoms with Gasteiger partial charge in [-0.1, -0.05) is 0 Å². The van der Waals surface area contributed by atoms with Gasteiger partial charge in [0.1, 0.15) is 5.60 Å². The zero-order chi connectivity index (χ0) is 10.3. The molecule has 1 aromatic heterocycles. The highest BCUT2D eigenvalue weighted by Crippen LogP contribution is 2.41. The summed E-state index contributed by atoms with van der Waals surface area (Å²) < 4.78 is 13.3. The zero-order valence-corrected chi connectivity index (χ0v) is 9.01. The topological polar surface area (TPSA) is 59.1 Å². The quantitative estimate of drug-likeness (QED) is 0.759. The normalized spacial score (nSPS) is 19.1. The summed E-state index contributed by atoms with van der Waals surface area (Å²) in [4.78, 5) is 3.68. The Balaban J connectivity index is 2.45. The van der Waals surface area contributed by atoms with Crippen molar-refractivity contribution in [2.45, 2.75) is 24.9 Å². The van der Waals surface area contributed by atoms with Gasteiger partial charge in [0, 0.05) is 0 Å². The molecule has 0 atom stereocenters. The van der Waals surface area contributed by atoms with Crippen molar-refractivity contribution in [3.8, 4) is 0 Å². The molecule has 3 N–H and O–H groups in total. The third-order valence-corrected chi connectivity index (χ3v) is 3.39. The number of pyridine rings is 1. The second-order valence-electron chi connectivity index (χ2n) is 3.59. The molecule has 1 heterocycles. The van der Waals surface area contributed by atoms with E-state index in [9.17, 15) is 9.50 Å². The number of halogens is 2. The second kappa shape index (κ2) is 3.17. The Morgan fingerprint density at radius 2 is 2.21 bits per heavy atom. The molecule has 1 fully saturated rings. The predicted octanol–water partition coefficient (Wildman–Crippen LogP) is 1.94. The highest BCUT2D eigenvalue weighted by molar-refractivity contribution is 9.10. The van der Waals surface area contributed by atoms with Gasteiger partial charge in [-0.05, 0) is 41.3 Å². The van der Waals surface area contributed by atoms with Gasteiger partial charge in [-0.15, -0.1) is 0 Å². The van der Waals surface area contributed by atoms with Crippen molar-refractivity contribution in [3.63, 3.8) is 0 Å². The highest BCUT2D eigenvalue weighted by Gasteiger charge is 2.38. The molecule has 3 nitrogen and oxygen atoms in total. The number of hydrogen-bond donors (Lipinski definition) is 2. The SMILES string of the molecule is Nc1cc(C2(O)CCC2)nc(F)c1Br. The van der Waals surface area contributed by atoms with Crippen molar-refractivity contribution in [3.05, 3.63) is 22.2 Å². The lowest BCUT2D eigenvalue weighted by molar-refractivity contribution is -0.0431. The number of aromatic nitrogens is 1. The van der Waals surface area contributed by atoms with Crippen LogP contribution in [-0.4, -0.2) is 10.1 Å². The Labute approximate surface area is 89.3 Å². The summed E-state index contributed by atoms with van der Waals surface area (Å²) in [6, 6.07) is 1.52. The number of aliphatic hydroxyl groups is 1. The lowest BCUT2D eigenvalue weighted by Gasteiger charge is -2.36. The molecular weight excluding hydrogens is 251 g/mol. The number of hydrogen-bond acceptors (Lipinski definition) is 3. The fourth-order valence-electron chi connectivity index (χ4n) is 1.52. The van der Waals surface area contributed by atoms with Gasteiger partial charge >= 0.3 is 0 Å². The number of anilines is 1. The third-order valence-electron chi connectivity index (χ3n) is 2.60. The average Bonchev–Trinajstić information content (AvgIpc) is 2.09. The van der Waals surface area contributed by atoms with Crippen LogP contribution >= 0.6 is 15.9 Å². The van der Waals surface area contributed by atoms with Gasteiger partial charge in [-0.25, -0.2) is 4.98 Å². The summed E-state index contributed by atoms with van der Waals surface area (Å²) in [5.41, 5.74) is 5.20. The summed E-state index contributed by atoms with van der Waals surface area (Å²) in [5, 5.41) is 9.92. The first-order chi connectivity index (χ1) is 6.53. The fourth-order valence-corrected chi connectivity index (χ4v) is 1.73. The lowest BCUT2D eigenvalue weighted by Crippen LogP contribution is -2.35. The average molecular weight is 261 g/mol. The lowest BCUT2D eigenvalue weighted by atomic mass is 9.77. The molecule has 76 valence electrons. The summed E-state index contributed by atoms with van der Waals surface area (Å²) in [7, 11) is 0. The van der Waals surface area contributed by atoms with Gasteiger partial charge in [0.05, 0.1) is 15.9 Å². The van der Waals surface area contributed by atoms with Crippen LogP contribution in [0.5, 0.6) is 0 Å². The van der Waals surface area contributed by atoms with Gasteiger partial charge in [-0.2, -0.15) is 4.39 Å². The number of nitrogens with zero attached hydrogens (tertiary/aromatic N) is 1. The van der Waals surface area contributed by atoms with E-state index in [2.05, 4.69) is 20.9 Å². The van der Waals surface area contributed by atoms with Crippen molar-refractivity contribution in [2.24, 2.45) is 0 Å². The molecule has 0 saturated heterocycles. The maximum absolute atomic E-state index is 13.2. The second-order valence-corrected chi connectivity index (χ2v) is 4.38. The molecule has 0 radical (unpaired) electrons. The van der Waals surface area contributed by atoms with E-state index < -0.39 is 11.5 Å². The number of nitrogens with two attached hydrogens (primary N) is 1. The first-order valence-electron chi connectivity index (χ1n) is 4.37. The van der Waals surface area contributed by atoms with Gasteiger partial charge < -0.3 is 10.8 Å². The third kappa shape index (κ3) is 1.40. The van der Waals surface area contributed by atoms with Gasteiger partial charge in [0.25, 0.3) is 0 Å². The van der Waals surface area contributed by atoms with E-state index in [1.807, 2.05) is 0 Å². The maximum atomic E-state index is 13.2. The van der Waals surface area contributed by atoms with Gasteiger partial charge in [0.15, 0.2) is 0 Å². The minimum absolute atomic E-state index is 0.157. The van der Waals surface area contributed by atoms with E-state index in [0.29, 0.717) is 18.5 Å². The molecule has 1 aliphatic carbocycles. The summed E-state index contributed by atoms with van der Waals surface area (Å²) in [6.45, 7) is 0. The molecule has 1 aromatic rings. The van der Waals surface area contributed by atoms with E-state index in [0.717, 1.165) is 6.42 Å². The van der Waals surface area contributed by atoms with E-state index in [4.69, 9.17) is 5.73 Å². The Kier molecular flexibility index (Phi) is 2.23. The van der Waals surface area contributed by atoms with Crippen LogP contribution < -0.4 is 5.73 Å². The van der Waals surface area contributed by atoms with Crippen molar-refractivity contribution in [1.29, 1.82) is 0 Å². The Bertz CT molecular complexity index is 356. The molecule has 0 unspecified atom stereocenters. The van der Waals surface area contributed by atoms with Crippen LogP contribution in [0, 0.1) is 5.95 Å². The molecule has 0 amide bonds. The van der Waals surface area contributed by atoms with E-state index in [1.165, 1.54) is 6.07 Å². The monoisotopic (exact) mass is 260 g/mol. The van der Waals surface area contributed by atoms with Crippen LogP contribution in [0.2, 0.25) is 0 Å². The molecule has 0 aliphatic heterocycles. The smallest absolute Gasteiger partial charge is 0.229 e. The van der Waals surface area contributed by atoms with Gasteiger partial charge in [-0.3, -0.25) is 0 Å². The van der Waals surface area contributed by atoms with Crippen molar-refractivity contribution >= 4 is 21.6 Å². The van der Waals surface area contributed by atoms with Crippen LogP contribution in [0.25, 0.3) is 0 Å². The first-order valence-corrected chi connectivity index (χ1v) is 5.16. The van der Waals surface area contributed by atoms with Crippen LogP contribution in [0.4, 0.5) is 10.1 Å². The van der Waals surface area contributed by atoms with E-state index in [-0.39, 0.29) is 10.2 Å². The molecular formula is C9H10BrFN2O. The number of rotatable bonds is 1. The minimum atomic E-state index is -0.963. The largest absolute Gasteiger partial charge is 0.398 e. The van der Waals surface area contributed by atoms with Crippen LogP contribution in [0.15, 0.2) is 10.5 Å². The van der Waals surface area contributed by atoms with Crippen molar-refractivity contribution < 1.29 is 9.50 Å². The maximum Gasteiger partial charge on any atom is 0.229 e. The predicted molar refractivity (Wildman–Crippen MR) is 54.1 cm³/mol. The van der Waals surface area contributed by atoms with Crippen LogP contribution in [0.3, 0.4) is 0 Å². The zero-order valence-electron chi connectivity index (χ0n) is 7.43. The van der Waals surface area contributed by atoms with Crippen molar-refractivity contribution in [2.75, 3.05) is 5.73 Å². The van der Waals surface area contributed by atoms with Gasteiger partial charge in [0.2, 0.25) is 5.95 Å². The standard InChI is InChI=1S/C9H10BrFN2O/c10-7-5(12)4-6(13-8(7)11)9(14)2-1-3-9/h4,14H,1-3H2,(H2,12,13). The highest BCUT2D eigenvalue weighted by atomic mass is 79.9. The summed E-state index contributed by atoms with van der Waals surface area (Å²) in [6.07, 6.45) is 2.19. The molecule has 5 heteroatoms. The molecule has 0 aromatic carbocycles. The van der Waals surface area contributed by atoms with Crippen LogP contribution in [-0.2, 0) is 5.60 Å². The van der Waals surface area contributed by atoms with Crippen molar-refractivity contribution in [1.82, 2.24) is 4.98 Å².